The zero-order valence-electron chi connectivity index (χ0n) is 10.6. The molecule has 1 saturated heterocycles. The molecule has 1 aliphatic heterocycles. The van der Waals surface area contributed by atoms with Crippen molar-refractivity contribution in [1.29, 1.82) is 0 Å². The van der Waals surface area contributed by atoms with Crippen molar-refractivity contribution in [3.05, 3.63) is 24.3 Å². The molecule has 2 saturated carbocycles. The number of nitrogens with two attached hydrogens (primary N) is 1. The molecule has 0 radical (unpaired) electrons. The zero-order valence-corrected chi connectivity index (χ0v) is 10.6. The summed E-state index contributed by atoms with van der Waals surface area (Å²) in [6, 6.07) is 6.99. The van der Waals surface area contributed by atoms with Gasteiger partial charge in [-0.05, 0) is 55.4 Å². The number of rotatable bonds is 1. The van der Waals surface area contributed by atoms with E-state index in [2.05, 4.69) is 0 Å². The molecule has 19 heavy (non-hydrogen) atoms. The topological polar surface area (TPSA) is 63.4 Å². The molecule has 1 aromatic rings. The number of hydrogen-bond donors (Lipinski definition) is 1. The second kappa shape index (κ2) is 3.59. The number of imide groups is 1. The number of carbonyl (C=O) groups is 2. The van der Waals surface area contributed by atoms with Crippen LogP contribution in [0.2, 0.25) is 0 Å². The maximum absolute atomic E-state index is 12.5. The summed E-state index contributed by atoms with van der Waals surface area (Å²) < 4.78 is 0. The van der Waals surface area contributed by atoms with Crippen molar-refractivity contribution in [2.75, 3.05) is 10.6 Å². The first-order valence-corrected chi connectivity index (χ1v) is 6.90. The second-order valence-electron chi connectivity index (χ2n) is 5.99. The zero-order chi connectivity index (χ0) is 13.1. The quantitative estimate of drug-likeness (QED) is 0.615. The molecule has 2 bridgehead atoms. The highest BCUT2D eigenvalue weighted by atomic mass is 16.2. The van der Waals surface area contributed by atoms with E-state index in [4.69, 9.17) is 5.73 Å². The molecule has 3 fully saturated rings. The van der Waals surface area contributed by atoms with Crippen molar-refractivity contribution < 1.29 is 9.59 Å². The molecular weight excluding hydrogens is 240 g/mol. The normalized spacial score (nSPS) is 36.1. The maximum atomic E-state index is 12.5. The lowest BCUT2D eigenvalue weighted by Gasteiger charge is -2.19. The average Bonchev–Trinajstić information content (AvgIpc) is 3.06. The lowest BCUT2D eigenvalue weighted by molar-refractivity contribution is -0.123. The minimum absolute atomic E-state index is 0.00646. The summed E-state index contributed by atoms with van der Waals surface area (Å²) in [6.07, 6.45) is 3.29. The van der Waals surface area contributed by atoms with Gasteiger partial charge in [-0.3, -0.25) is 14.5 Å². The summed E-state index contributed by atoms with van der Waals surface area (Å²) in [4.78, 5) is 26.5. The van der Waals surface area contributed by atoms with Crippen LogP contribution >= 0.6 is 0 Å². The Hall–Kier alpha value is -1.84. The van der Waals surface area contributed by atoms with E-state index in [0.717, 1.165) is 19.3 Å². The van der Waals surface area contributed by atoms with E-state index in [9.17, 15) is 9.59 Å². The first-order valence-electron chi connectivity index (χ1n) is 6.90. The van der Waals surface area contributed by atoms with Crippen molar-refractivity contribution in [2.45, 2.75) is 19.3 Å². The van der Waals surface area contributed by atoms with Gasteiger partial charge in [0.05, 0.1) is 17.5 Å². The van der Waals surface area contributed by atoms with E-state index in [1.807, 2.05) is 0 Å². The fourth-order valence-electron chi connectivity index (χ4n) is 4.29. The Labute approximate surface area is 111 Å². The fraction of sp³-hybridized carbons (Fsp3) is 0.467. The van der Waals surface area contributed by atoms with Gasteiger partial charge < -0.3 is 5.73 Å². The molecule has 0 spiro atoms. The highest BCUT2D eigenvalue weighted by Gasteiger charge is 2.61. The standard InChI is InChI=1S/C15H16N2O2/c16-10-3-5-11(6-4-10)17-14(18)12-8-1-2-9(7-8)13(12)15(17)19/h3-6,8-9,12-13H,1-2,7,16H2/t8-,9+,12-,13-/m0/s1. The van der Waals surface area contributed by atoms with Gasteiger partial charge in [0.2, 0.25) is 11.8 Å². The maximum Gasteiger partial charge on any atom is 0.237 e. The minimum atomic E-state index is -0.0520. The predicted molar refractivity (Wildman–Crippen MR) is 71.2 cm³/mol. The van der Waals surface area contributed by atoms with Gasteiger partial charge in [-0.25, -0.2) is 0 Å². The lowest BCUT2D eigenvalue weighted by Crippen LogP contribution is -2.32. The average molecular weight is 256 g/mol. The summed E-state index contributed by atoms with van der Waals surface area (Å²) in [6.45, 7) is 0. The van der Waals surface area contributed by atoms with Gasteiger partial charge in [-0.2, -0.15) is 0 Å². The van der Waals surface area contributed by atoms with E-state index in [-0.39, 0.29) is 23.7 Å². The molecule has 1 aromatic carbocycles. The van der Waals surface area contributed by atoms with Crippen LogP contribution in [0.3, 0.4) is 0 Å². The first-order chi connectivity index (χ1) is 9.16. The third-order valence-electron chi connectivity index (χ3n) is 5.08. The summed E-state index contributed by atoms with van der Waals surface area (Å²) >= 11 is 0. The summed E-state index contributed by atoms with van der Waals surface area (Å²) in [5, 5.41) is 0. The van der Waals surface area contributed by atoms with Crippen LogP contribution in [0.5, 0.6) is 0 Å². The van der Waals surface area contributed by atoms with Gasteiger partial charge in [-0.15, -0.1) is 0 Å². The van der Waals surface area contributed by atoms with Crippen LogP contribution in [0.4, 0.5) is 11.4 Å². The van der Waals surface area contributed by atoms with E-state index < -0.39 is 0 Å². The molecular formula is C15H16N2O2. The van der Waals surface area contributed by atoms with Crippen LogP contribution in [0.15, 0.2) is 24.3 Å². The fourth-order valence-corrected chi connectivity index (χ4v) is 4.29. The van der Waals surface area contributed by atoms with Crippen LogP contribution in [0.25, 0.3) is 0 Å². The number of benzene rings is 1. The number of nitrogens with zero attached hydrogens (tertiary/aromatic N) is 1. The lowest BCUT2D eigenvalue weighted by atomic mass is 9.81. The number of nitrogen functional groups attached to an aromatic ring is 1. The van der Waals surface area contributed by atoms with Crippen molar-refractivity contribution in [2.24, 2.45) is 23.7 Å². The van der Waals surface area contributed by atoms with Crippen LogP contribution in [0, 0.1) is 23.7 Å². The van der Waals surface area contributed by atoms with E-state index in [0.29, 0.717) is 23.2 Å². The van der Waals surface area contributed by atoms with Crippen molar-refractivity contribution >= 4 is 23.2 Å². The Morgan fingerprint density at radius 2 is 1.47 bits per heavy atom. The SMILES string of the molecule is Nc1ccc(N2C(=O)[C@H]3[C@@H]4CC[C@@H](C4)[C@@H]3C2=O)cc1. The smallest absolute Gasteiger partial charge is 0.237 e. The Morgan fingerprint density at radius 1 is 0.947 bits per heavy atom. The number of amides is 2. The molecule has 4 nitrogen and oxygen atoms in total. The van der Waals surface area contributed by atoms with Gasteiger partial charge in [-0.1, -0.05) is 0 Å². The largest absolute Gasteiger partial charge is 0.399 e. The van der Waals surface area contributed by atoms with Crippen molar-refractivity contribution in [1.82, 2.24) is 0 Å². The number of carbonyl (C=O) groups excluding carboxylic acids is 2. The molecule has 1 heterocycles. The summed E-state index contributed by atoms with van der Waals surface area (Å²) in [7, 11) is 0. The van der Waals surface area contributed by atoms with Crippen LogP contribution < -0.4 is 10.6 Å². The predicted octanol–water partition coefficient (Wildman–Crippen LogP) is 1.80. The van der Waals surface area contributed by atoms with Gasteiger partial charge in [0.15, 0.2) is 0 Å². The summed E-state index contributed by atoms with van der Waals surface area (Å²) in [5.41, 5.74) is 6.96. The number of anilines is 2. The van der Waals surface area contributed by atoms with Crippen LogP contribution in [0.1, 0.15) is 19.3 Å². The molecule has 0 unspecified atom stereocenters. The molecule has 2 amide bonds. The van der Waals surface area contributed by atoms with Crippen LogP contribution in [-0.4, -0.2) is 11.8 Å². The van der Waals surface area contributed by atoms with E-state index in [1.165, 1.54) is 4.90 Å². The molecule has 4 rings (SSSR count). The molecule has 0 aromatic heterocycles. The Morgan fingerprint density at radius 3 is 2.00 bits per heavy atom. The summed E-state index contributed by atoms with van der Waals surface area (Å²) in [5.74, 6) is 0.780. The van der Waals surface area contributed by atoms with Crippen LogP contribution in [-0.2, 0) is 9.59 Å². The Bertz CT molecular complexity index is 538. The van der Waals surface area contributed by atoms with Crippen molar-refractivity contribution in [3.8, 4) is 0 Å². The highest BCUT2D eigenvalue weighted by molar-refractivity contribution is 6.22. The molecule has 3 aliphatic rings. The molecule has 2 aliphatic carbocycles. The third-order valence-corrected chi connectivity index (χ3v) is 5.08. The van der Waals surface area contributed by atoms with Gasteiger partial charge in [0.1, 0.15) is 0 Å². The molecule has 4 heteroatoms. The third kappa shape index (κ3) is 1.34. The van der Waals surface area contributed by atoms with E-state index >= 15 is 0 Å². The number of fused-ring (bicyclic) bond motifs is 5. The minimum Gasteiger partial charge on any atom is -0.399 e. The number of hydrogen-bond acceptors (Lipinski definition) is 3. The molecule has 2 N–H and O–H groups in total. The first kappa shape index (κ1) is 11.0. The van der Waals surface area contributed by atoms with E-state index in [1.54, 1.807) is 24.3 Å². The van der Waals surface area contributed by atoms with Gasteiger partial charge >= 0.3 is 0 Å². The van der Waals surface area contributed by atoms with Gasteiger partial charge in [0.25, 0.3) is 0 Å². The molecule has 98 valence electrons. The Kier molecular flexibility index (Phi) is 2.08. The monoisotopic (exact) mass is 256 g/mol. The van der Waals surface area contributed by atoms with Gasteiger partial charge in [0, 0.05) is 5.69 Å². The van der Waals surface area contributed by atoms with Crippen molar-refractivity contribution in [3.63, 3.8) is 0 Å². The highest BCUT2D eigenvalue weighted by Crippen LogP contribution is 2.56. The Balaban J connectivity index is 1.73. The second-order valence-corrected chi connectivity index (χ2v) is 5.99. The molecule has 4 atom stereocenters.